The van der Waals surface area contributed by atoms with Gasteiger partial charge in [-0.25, -0.2) is 22.0 Å². The number of hydrogen-bond acceptors (Lipinski definition) is 2. The predicted molar refractivity (Wildman–Crippen MR) is 132 cm³/mol. The highest BCUT2D eigenvalue weighted by molar-refractivity contribution is 5.84. The zero-order chi connectivity index (χ0) is 26.5. The van der Waals surface area contributed by atoms with Crippen LogP contribution >= 0.6 is 0 Å². The molecule has 0 aliphatic heterocycles. The quantitative estimate of drug-likeness (QED) is 0.216. The van der Waals surface area contributed by atoms with Crippen LogP contribution in [0.2, 0.25) is 0 Å². The smallest absolute Gasteiger partial charge is 0.144 e. The summed E-state index contributed by atoms with van der Waals surface area (Å²) in [6.07, 6.45) is 1.63. The Morgan fingerprint density at radius 3 is 2.05 bits per heavy atom. The molecule has 4 rings (SSSR count). The van der Waals surface area contributed by atoms with Gasteiger partial charge in [-0.1, -0.05) is 37.3 Å². The summed E-state index contributed by atoms with van der Waals surface area (Å²) in [4.78, 5) is 0. The number of ether oxygens (including phenoxy) is 1. The molecule has 4 aromatic rings. The number of nitriles is 1. The maximum Gasteiger partial charge on any atom is 0.144 e. The average molecular weight is 510 g/mol. The molecule has 0 N–H and O–H groups in total. The summed E-state index contributed by atoms with van der Waals surface area (Å²) in [5.41, 5.74) is 0.850. The number of aryl methyl sites for hydroxylation is 3. The maximum atomic E-state index is 15.2. The van der Waals surface area contributed by atoms with Crippen molar-refractivity contribution in [1.29, 1.82) is 5.26 Å². The van der Waals surface area contributed by atoms with Gasteiger partial charge in [0.25, 0.3) is 0 Å². The van der Waals surface area contributed by atoms with E-state index >= 15 is 4.39 Å². The van der Waals surface area contributed by atoms with Crippen molar-refractivity contribution < 1.29 is 26.7 Å². The zero-order valence-corrected chi connectivity index (χ0v) is 20.2. The molecule has 190 valence electrons. The first kappa shape index (κ1) is 26.2. The van der Waals surface area contributed by atoms with Crippen LogP contribution in [0, 0.1) is 40.4 Å². The van der Waals surface area contributed by atoms with Crippen LogP contribution in [0.25, 0.3) is 10.8 Å². The summed E-state index contributed by atoms with van der Waals surface area (Å²) in [6.45, 7) is 2.28. The minimum Gasteiger partial charge on any atom is -0.493 e. The summed E-state index contributed by atoms with van der Waals surface area (Å²) in [6, 6.07) is 14.5. The molecular formula is C30H24F5NO. The minimum absolute atomic E-state index is 0.0267. The summed E-state index contributed by atoms with van der Waals surface area (Å²) < 4.78 is 77.1. The van der Waals surface area contributed by atoms with Gasteiger partial charge in [0, 0.05) is 23.1 Å². The van der Waals surface area contributed by atoms with Gasteiger partial charge in [-0.15, -0.1) is 0 Å². The van der Waals surface area contributed by atoms with Crippen LogP contribution in [0.5, 0.6) is 5.75 Å². The van der Waals surface area contributed by atoms with Crippen molar-refractivity contribution in [1.82, 2.24) is 0 Å². The monoisotopic (exact) mass is 509 g/mol. The van der Waals surface area contributed by atoms with E-state index in [0.717, 1.165) is 24.1 Å². The number of benzene rings is 4. The second kappa shape index (κ2) is 11.4. The highest BCUT2D eigenvalue weighted by atomic mass is 19.1. The van der Waals surface area contributed by atoms with Gasteiger partial charge < -0.3 is 4.74 Å². The number of hydrogen-bond donors (Lipinski definition) is 0. The average Bonchev–Trinajstić information content (AvgIpc) is 2.86. The lowest BCUT2D eigenvalue weighted by atomic mass is 9.97. The van der Waals surface area contributed by atoms with Crippen molar-refractivity contribution in [3.8, 4) is 11.8 Å². The molecular weight excluding hydrogens is 485 g/mol. The van der Waals surface area contributed by atoms with E-state index in [1.165, 1.54) is 18.2 Å². The number of halogens is 5. The van der Waals surface area contributed by atoms with Crippen molar-refractivity contribution in [3.05, 3.63) is 112 Å². The Labute approximate surface area is 211 Å². The van der Waals surface area contributed by atoms with Crippen LogP contribution in [0.1, 0.15) is 41.2 Å². The first-order chi connectivity index (χ1) is 17.8. The van der Waals surface area contributed by atoms with Gasteiger partial charge in [-0.2, -0.15) is 5.26 Å². The third-order valence-corrected chi connectivity index (χ3v) is 6.25. The Balaban J connectivity index is 1.47. The minimum atomic E-state index is -0.940. The van der Waals surface area contributed by atoms with Crippen molar-refractivity contribution in [2.75, 3.05) is 6.61 Å². The first-order valence-corrected chi connectivity index (χ1v) is 12.0. The van der Waals surface area contributed by atoms with E-state index in [1.54, 1.807) is 30.3 Å². The molecule has 0 saturated carbocycles. The Bertz CT molecular complexity index is 1450. The molecule has 0 radical (unpaired) electrons. The zero-order valence-electron chi connectivity index (χ0n) is 20.2. The lowest BCUT2D eigenvalue weighted by Crippen LogP contribution is -2.02. The van der Waals surface area contributed by atoms with Crippen molar-refractivity contribution in [2.45, 2.75) is 39.0 Å². The first-order valence-electron chi connectivity index (χ1n) is 12.0. The fourth-order valence-electron chi connectivity index (χ4n) is 4.28. The van der Waals surface area contributed by atoms with Crippen LogP contribution < -0.4 is 4.74 Å². The van der Waals surface area contributed by atoms with Crippen molar-refractivity contribution in [2.24, 2.45) is 0 Å². The van der Waals surface area contributed by atoms with Gasteiger partial charge in [-0.3, -0.25) is 0 Å². The molecule has 4 aromatic carbocycles. The Morgan fingerprint density at radius 1 is 0.730 bits per heavy atom. The maximum absolute atomic E-state index is 15.2. The molecule has 0 unspecified atom stereocenters. The number of rotatable bonds is 9. The SMILES string of the molecule is CCCOc1cc(F)c(CCc2ccc3c(F)c(CCc4cc(F)c(C#N)c(F)c4)ccc3c2)c(F)c1. The van der Waals surface area contributed by atoms with E-state index in [9.17, 15) is 17.6 Å². The fraction of sp³-hybridized carbons (Fsp3) is 0.233. The van der Waals surface area contributed by atoms with Gasteiger partial charge in [0.15, 0.2) is 0 Å². The standard InChI is InChI=1S/C30H24F5NO/c1-2-11-37-22-15-28(33)24(29(34)16-22)10-5-18-4-9-23-21(12-18)8-7-20(30(23)35)6-3-19-13-26(31)25(17-36)27(32)14-19/h4,7-9,12-16H,2-3,5-6,10-11H2,1H3. The number of nitrogens with zero attached hydrogens (tertiary/aromatic N) is 1. The van der Waals surface area contributed by atoms with E-state index in [-0.39, 0.29) is 30.6 Å². The molecule has 0 bridgehead atoms. The van der Waals surface area contributed by atoms with Crippen LogP contribution in [-0.4, -0.2) is 6.61 Å². The summed E-state index contributed by atoms with van der Waals surface area (Å²) in [7, 11) is 0. The molecule has 0 amide bonds. The Morgan fingerprint density at radius 2 is 1.41 bits per heavy atom. The molecule has 37 heavy (non-hydrogen) atoms. The second-order valence-electron chi connectivity index (χ2n) is 8.85. The van der Waals surface area contributed by atoms with Gasteiger partial charge in [0.05, 0.1) is 6.61 Å². The highest BCUT2D eigenvalue weighted by Gasteiger charge is 2.15. The lowest BCUT2D eigenvalue weighted by Gasteiger charge is -2.11. The molecule has 0 atom stereocenters. The third kappa shape index (κ3) is 5.91. The van der Waals surface area contributed by atoms with E-state index in [2.05, 4.69) is 0 Å². The van der Waals surface area contributed by atoms with Crippen LogP contribution in [-0.2, 0) is 25.7 Å². The Hall–Kier alpha value is -3.92. The molecule has 0 fully saturated rings. The topological polar surface area (TPSA) is 33.0 Å². The Kier molecular flexibility index (Phi) is 8.08. The largest absolute Gasteiger partial charge is 0.493 e. The lowest BCUT2D eigenvalue weighted by molar-refractivity contribution is 0.313. The van der Waals surface area contributed by atoms with Crippen LogP contribution in [0.4, 0.5) is 22.0 Å². The third-order valence-electron chi connectivity index (χ3n) is 6.25. The number of fused-ring (bicyclic) bond motifs is 1. The van der Waals surface area contributed by atoms with Gasteiger partial charge >= 0.3 is 0 Å². The summed E-state index contributed by atoms with van der Waals surface area (Å²) >= 11 is 0. The highest BCUT2D eigenvalue weighted by Crippen LogP contribution is 2.26. The second-order valence-corrected chi connectivity index (χ2v) is 8.85. The van der Waals surface area contributed by atoms with E-state index < -0.39 is 34.6 Å². The van der Waals surface area contributed by atoms with Crippen molar-refractivity contribution in [3.63, 3.8) is 0 Å². The summed E-state index contributed by atoms with van der Waals surface area (Å²) in [5, 5.41) is 9.81. The molecule has 0 aliphatic rings. The molecule has 7 heteroatoms. The van der Waals surface area contributed by atoms with Gasteiger partial charge in [-0.05, 0) is 66.3 Å². The van der Waals surface area contributed by atoms with E-state index in [1.807, 2.05) is 6.92 Å². The molecule has 0 heterocycles. The van der Waals surface area contributed by atoms with E-state index in [4.69, 9.17) is 10.00 Å². The summed E-state index contributed by atoms with van der Waals surface area (Å²) in [5.74, 6) is -3.48. The molecule has 0 aliphatic carbocycles. The van der Waals surface area contributed by atoms with Crippen LogP contribution in [0.15, 0.2) is 54.6 Å². The van der Waals surface area contributed by atoms with Crippen LogP contribution in [0.3, 0.4) is 0 Å². The molecule has 0 spiro atoms. The molecule has 0 saturated heterocycles. The van der Waals surface area contributed by atoms with Gasteiger partial charge in [0.1, 0.15) is 46.5 Å². The normalized spacial score (nSPS) is 11.1. The molecule has 2 nitrogen and oxygen atoms in total. The van der Waals surface area contributed by atoms with Crippen molar-refractivity contribution >= 4 is 10.8 Å². The predicted octanol–water partition coefficient (Wildman–Crippen LogP) is 7.77. The molecule has 0 aromatic heterocycles. The van der Waals surface area contributed by atoms with Gasteiger partial charge in [0.2, 0.25) is 0 Å². The van der Waals surface area contributed by atoms with E-state index in [0.29, 0.717) is 34.9 Å². The fourth-order valence-corrected chi connectivity index (χ4v) is 4.28.